The smallest absolute Gasteiger partial charge is 0.355 e. The largest absolute Gasteiger partial charge is 0.416 e. The van der Waals surface area contributed by atoms with Crippen molar-refractivity contribution in [3.05, 3.63) is 120 Å². The fraction of sp³-hybridized carbons (Fsp3) is 0.118. The van der Waals surface area contributed by atoms with E-state index in [1.807, 2.05) is 0 Å². The number of benzene rings is 3. The summed E-state index contributed by atoms with van der Waals surface area (Å²) in [5.74, 6) is -0.842. The lowest BCUT2D eigenvalue weighted by molar-refractivity contribution is -0.137. The maximum atomic E-state index is 13.7. The van der Waals surface area contributed by atoms with Gasteiger partial charge < -0.3 is 25.8 Å². The number of hydrogen-bond donors (Lipinski definition) is 4. The predicted molar refractivity (Wildman–Crippen MR) is 177 cm³/mol. The van der Waals surface area contributed by atoms with Gasteiger partial charge in [0, 0.05) is 64.9 Å². The number of rotatable bonds is 7. The fourth-order valence-electron chi connectivity index (χ4n) is 4.98. The highest BCUT2D eigenvalue weighted by atomic mass is 19.4. The van der Waals surface area contributed by atoms with Gasteiger partial charge in [0.25, 0.3) is 11.8 Å². The molecule has 6 aromatic rings. The molecule has 4 N–H and O–H groups in total. The van der Waals surface area contributed by atoms with Gasteiger partial charge in [0.15, 0.2) is 5.65 Å². The molecule has 3 aromatic carbocycles. The first-order valence-electron chi connectivity index (χ1n) is 14.8. The van der Waals surface area contributed by atoms with Crippen LogP contribution in [0.2, 0.25) is 0 Å². The molecule has 6 rings (SSSR count). The van der Waals surface area contributed by atoms with Crippen molar-refractivity contribution in [1.82, 2.24) is 29.4 Å². The second-order valence-electron chi connectivity index (χ2n) is 11.0. The Morgan fingerprint density at radius 2 is 1.65 bits per heavy atom. The van der Waals surface area contributed by atoms with E-state index in [1.165, 1.54) is 40.8 Å². The summed E-state index contributed by atoms with van der Waals surface area (Å²) in [6, 6.07) is 15.7. The Kier molecular flexibility index (Phi) is 8.57. The molecular weight excluding hydrogens is 639 g/mol. The van der Waals surface area contributed by atoms with Gasteiger partial charge in [-0.25, -0.2) is 14.8 Å². The van der Waals surface area contributed by atoms with Crippen LogP contribution in [-0.2, 0) is 6.18 Å². The first-order valence-corrected chi connectivity index (χ1v) is 14.8. The Morgan fingerprint density at radius 1 is 0.837 bits per heavy atom. The molecule has 0 spiro atoms. The minimum atomic E-state index is -4.69. The fourth-order valence-corrected chi connectivity index (χ4v) is 4.98. The summed E-state index contributed by atoms with van der Waals surface area (Å²) in [6.07, 6.45) is 1.30. The summed E-state index contributed by atoms with van der Waals surface area (Å²) in [7, 11) is 1.53. The number of aromatic nitrogens is 5. The summed E-state index contributed by atoms with van der Waals surface area (Å²) in [4.78, 5) is 51.5. The normalized spacial score (nSPS) is 11.3. The molecule has 3 aromatic heterocycles. The lowest BCUT2D eigenvalue weighted by atomic mass is 10.1. The molecule has 0 atom stereocenters. The molecule has 0 radical (unpaired) electrons. The first kappa shape index (κ1) is 32.4. The average molecular weight is 668 g/mol. The SMILES string of the molecule is CNC(=O)c1cccc(Nc2ncc3ccn(C(=O)Nc4cc(NC(=O)c5cc(-n6cnc(C)c6)cc(C(F)(F)F)c5)ccc4C)c3n2)c1. The van der Waals surface area contributed by atoms with Crippen molar-refractivity contribution in [2.75, 3.05) is 23.0 Å². The van der Waals surface area contributed by atoms with Gasteiger partial charge in [-0.3, -0.25) is 14.2 Å². The molecule has 0 aliphatic rings. The van der Waals surface area contributed by atoms with Gasteiger partial charge in [0.1, 0.15) is 0 Å². The number of alkyl halides is 3. The molecule has 15 heteroatoms. The number of amides is 3. The van der Waals surface area contributed by atoms with E-state index in [9.17, 15) is 27.6 Å². The molecule has 248 valence electrons. The van der Waals surface area contributed by atoms with Crippen LogP contribution in [0.25, 0.3) is 16.7 Å². The van der Waals surface area contributed by atoms with Gasteiger partial charge in [0.05, 0.1) is 17.6 Å². The third-order valence-electron chi connectivity index (χ3n) is 7.51. The number of nitrogens with zero attached hydrogens (tertiary/aromatic N) is 5. The second-order valence-corrected chi connectivity index (χ2v) is 11.0. The zero-order chi connectivity index (χ0) is 34.9. The van der Waals surface area contributed by atoms with Gasteiger partial charge in [-0.1, -0.05) is 12.1 Å². The number of carbonyl (C=O) groups excluding carboxylic acids is 3. The topological polar surface area (TPSA) is 148 Å². The Bertz CT molecular complexity index is 2240. The summed E-state index contributed by atoms with van der Waals surface area (Å²) < 4.78 is 43.9. The number of imidazole rings is 1. The van der Waals surface area contributed by atoms with E-state index < -0.39 is 23.7 Å². The van der Waals surface area contributed by atoms with Crippen LogP contribution in [0.15, 0.2) is 91.6 Å². The maximum Gasteiger partial charge on any atom is 0.416 e. The van der Waals surface area contributed by atoms with Gasteiger partial charge in [-0.15, -0.1) is 0 Å². The van der Waals surface area contributed by atoms with Crippen LogP contribution >= 0.6 is 0 Å². The standard InChI is InChI=1S/C34H28F3N9O3/c1-19-7-8-26(41-31(48)23-11-24(34(35,36)37)14-27(13-23)45-17-20(2)40-18-45)15-28(19)43-33(49)46-10-9-22-16-39-32(44-29(22)46)42-25-6-4-5-21(12-25)30(47)38-3/h4-18H,1-3H3,(H,38,47)(H,41,48)(H,43,49)(H,39,42,44). The molecular formula is C34H28F3N9O3. The van der Waals surface area contributed by atoms with E-state index in [2.05, 4.69) is 36.2 Å². The molecule has 49 heavy (non-hydrogen) atoms. The quantitative estimate of drug-likeness (QED) is 0.148. The Morgan fingerprint density at radius 3 is 2.39 bits per heavy atom. The third-order valence-corrected chi connectivity index (χ3v) is 7.51. The van der Waals surface area contributed by atoms with Crippen LogP contribution in [-0.4, -0.2) is 49.0 Å². The van der Waals surface area contributed by atoms with Crippen molar-refractivity contribution < 1.29 is 27.6 Å². The highest BCUT2D eigenvalue weighted by molar-refractivity contribution is 6.05. The van der Waals surface area contributed by atoms with Crippen molar-refractivity contribution in [3.8, 4) is 5.69 Å². The number of halogens is 3. The minimum absolute atomic E-state index is 0.121. The van der Waals surface area contributed by atoms with E-state index in [0.29, 0.717) is 39.2 Å². The van der Waals surface area contributed by atoms with Crippen molar-refractivity contribution in [3.63, 3.8) is 0 Å². The second kappa shape index (κ2) is 12.9. The minimum Gasteiger partial charge on any atom is -0.355 e. The molecule has 12 nitrogen and oxygen atoms in total. The third kappa shape index (κ3) is 7.10. The molecule has 0 saturated heterocycles. The summed E-state index contributed by atoms with van der Waals surface area (Å²) in [5.41, 5.74) is 2.07. The number of carbonyl (C=O) groups is 3. The number of hydrogen-bond acceptors (Lipinski definition) is 7. The Hall–Kier alpha value is -6.51. The van der Waals surface area contributed by atoms with Crippen molar-refractivity contribution in [2.45, 2.75) is 20.0 Å². The molecule has 0 fully saturated rings. The summed E-state index contributed by atoms with van der Waals surface area (Å²) >= 11 is 0. The van der Waals surface area contributed by atoms with Crippen LogP contribution in [0.5, 0.6) is 0 Å². The molecule has 0 unspecified atom stereocenters. The maximum absolute atomic E-state index is 13.7. The van der Waals surface area contributed by atoms with E-state index in [1.54, 1.807) is 68.7 Å². The average Bonchev–Trinajstić information content (AvgIpc) is 3.71. The van der Waals surface area contributed by atoms with Crippen LogP contribution in [0.1, 0.15) is 37.5 Å². The van der Waals surface area contributed by atoms with Gasteiger partial charge in [0.2, 0.25) is 5.95 Å². The van der Waals surface area contributed by atoms with Gasteiger partial charge in [-0.05, 0) is 74.0 Å². The highest BCUT2D eigenvalue weighted by Gasteiger charge is 2.32. The van der Waals surface area contributed by atoms with Crippen molar-refractivity contribution in [2.24, 2.45) is 0 Å². The molecule has 0 saturated carbocycles. The Balaban J connectivity index is 1.22. The van der Waals surface area contributed by atoms with Gasteiger partial charge in [-0.2, -0.15) is 18.2 Å². The lowest BCUT2D eigenvalue weighted by Crippen LogP contribution is -2.20. The molecule has 0 aliphatic heterocycles. The van der Waals surface area contributed by atoms with Crippen molar-refractivity contribution in [1.29, 1.82) is 0 Å². The van der Waals surface area contributed by atoms with Crippen molar-refractivity contribution >= 4 is 51.9 Å². The molecule has 0 aliphatic carbocycles. The van der Waals surface area contributed by atoms with E-state index in [4.69, 9.17) is 0 Å². The number of fused-ring (bicyclic) bond motifs is 1. The molecule has 3 amide bonds. The summed E-state index contributed by atoms with van der Waals surface area (Å²) in [5, 5.41) is 11.6. The van der Waals surface area contributed by atoms with Gasteiger partial charge >= 0.3 is 12.2 Å². The molecule has 3 heterocycles. The van der Waals surface area contributed by atoms with E-state index in [-0.39, 0.29) is 28.8 Å². The monoisotopic (exact) mass is 667 g/mol. The number of aryl methyl sites for hydroxylation is 2. The van der Waals surface area contributed by atoms with Crippen LogP contribution < -0.4 is 21.3 Å². The van der Waals surface area contributed by atoms with Crippen LogP contribution in [0.4, 0.5) is 41.0 Å². The molecule has 0 bridgehead atoms. The zero-order valence-corrected chi connectivity index (χ0v) is 26.3. The lowest BCUT2D eigenvalue weighted by Gasteiger charge is -2.14. The highest BCUT2D eigenvalue weighted by Crippen LogP contribution is 2.32. The predicted octanol–water partition coefficient (Wildman–Crippen LogP) is 6.69. The van der Waals surface area contributed by atoms with E-state index >= 15 is 0 Å². The Labute approximate surface area is 277 Å². The zero-order valence-electron chi connectivity index (χ0n) is 26.3. The first-order chi connectivity index (χ1) is 23.4. The summed E-state index contributed by atoms with van der Waals surface area (Å²) in [6.45, 7) is 3.45. The van der Waals surface area contributed by atoms with Crippen LogP contribution in [0.3, 0.4) is 0 Å². The number of nitrogens with one attached hydrogen (secondary N) is 4. The number of anilines is 4. The van der Waals surface area contributed by atoms with E-state index in [0.717, 1.165) is 12.1 Å². The van der Waals surface area contributed by atoms with Crippen LogP contribution in [0, 0.1) is 13.8 Å².